The van der Waals surface area contributed by atoms with E-state index in [1.165, 1.54) is 12.8 Å². The first kappa shape index (κ1) is 13.8. The van der Waals surface area contributed by atoms with Gasteiger partial charge in [-0.3, -0.25) is 4.57 Å². The van der Waals surface area contributed by atoms with Gasteiger partial charge < -0.3 is 10.2 Å². The molecule has 0 aromatic carbocycles. The first-order valence-electron chi connectivity index (χ1n) is 7.53. The van der Waals surface area contributed by atoms with Gasteiger partial charge in [-0.15, -0.1) is 0 Å². The van der Waals surface area contributed by atoms with E-state index in [9.17, 15) is 0 Å². The minimum atomic E-state index is 0.625. The summed E-state index contributed by atoms with van der Waals surface area (Å²) >= 11 is 0. The Kier molecular flexibility index (Phi) is 3.98. The van der Waals surface area contributed by atoms with Crippen molar-refractivity contribution in [1.82, 2.24) is 24.5 Å². The molecule has 3 rings (SSSR count). The number of aryl methyl sites for hydroxylation is 1. The number of nitrogens with zero attached hydrogens (tertiary/aromatic N) is 6. The third kappa shape index (κ3) is 2.96. The molecule has 0 aliphatic carbocycles. The maximum absolute atomic E-state index is 4.61. The molecule has 0 bridgehead atoms. The van der Waals surface area contributed by atoms with Crippen molar-refractivity contribution in [2.45, 2.75) is 33.1 Å². The van der Waals surface area contributed by atoms with E-state index in [1.54, 1.807) is 6.20 Å². The average Bonchev–Trinajstić information content (AvgIpc) is 3.16. The van der Waals surface area contributed by atoms with Crippen LogP contribution in [-0.4, -0.2) is 44.1 Å². The Balaban J connectivity index is 1.98. The van der Waals surface area contributed by atoms with Crippen molar-refractivity contribution in [2.24, 2.45) is 0 Å². The molecule has 3 heterocycles. The molecule has 1 aliphatic rings. The van der Waals surface area contributed by atoms with Crippen molar-refractivity contribution in [1.29, 1.82) is 0 Å². The van der Waals surface area contributed by atoms with Gasteiger partial charge in [0.15, 0.2) is 0 Å². The van der Waals surface area contributed by atoms with Crippen molar-refractivity contribution in [2.75, 3.05) is 29.9 Å². The molecule has 112 valence electrons. The first-order valence-corrected chi connectivity index (χ1v) is 7.53. The molecule has 2 aromatic heterocycles. The van der Waals surface area contributed by atoms with Crippen LogP contribution in [0.4, 0.5) is 11.9 Å². The van der Waals surface area contributed by atoms with Gasteiger partial charge in [0.05, 0.1) is 0 Å². The van der Waals surface area contributed by atoms with E-state index in [4.69, 9.17) is 0 Å². The van der Waals surface area contributed by atoms with Gasteiger partial charge in [-0.2, -0.15) is 15.0 Å². The third-order valence-electron chi connectivity index (χ3n) is 3.58. The smallest absolute Gasteiger partial charge is 0.241 e. The van der Waals surface area contributed by atoms with Crippen molar-refractivity contribution >= 4 is 11.9 Å². The second-order valence-corrected chi connectivity index (χ2v) is 5.22. The van der Waals surface area contributed by atoms with Gasteiger partial charge >= 0.3 is 0 Å². The van der Waals surface area contributed by atoms with Crippen LogP contribution in [0.15, 0.2) is 12.4 Å². The van der Waals surface area contributed by atoms with Gasteiger partial charge in [0, 0.05) is 32.0 Å². The minimum absolute atomic E-state index is 0.625. The maximum atomic E-state index is 4.61. The van der Waals surface area contributed by atoms with Gasteiger partial charge in [0.25, 0.3) is 0 Å². The quantitative estimate of drug-likeness (QED) is 0.904. The fourth-order valence-electron chi connectivity index (χ4n) is 2.43. The minimum Gasteiger partial charge on any atom is -0.354 e. The summed E-state index contributed by atoms with van der Waals surface area (Å²) in [5.41, 5.74) is 0. The molecule has 1 N–H and O–H groups in total. The van der Waals surface area contributed by atoms with Crippen molar-refractivity contribution < 1.29 is 0 Å². The largest absolute Gasteiger partial charge is 0.354 e. The summed E-state index contributed by atoms with van der Waals surface area (Å²) < 4.78 is 1.89. The highest BCUT2D eigenvalue weighted by molar-refractivity contribution is 5.41. The first-order chi connectivity index (χ1) is 10.3. The molecule has 1 saturated heterocycles. The number of imidazole rings is 1. The molecule has 0 unspecified atom stereocenters. The molecule has 0 saturated carbocycles. The Morgan fingerprint density at radius 2 is 1.90 bits per heavy atom. The number of anilines is 2. The van der Waals surface area contributed by atoms with Gasteiger partial charge in [0.1, 0.15) is 5.82 Å². The molecular formula is C14H21N7. The lowest BCUT2D eigenvalue weighted by atomic mass is 10.4. The molecule has 0 spiro atoms. The highest BCUT2D eigenvalue weighted by Gasteiger charge is 2.18. The van der Waals surface area contributed by atoms with E-state index in [1.807, 2.05) is 17.7 Å². The summed E-state index contributed by atoms with van der Waals surface area (Å²) in [4.78, 5) is 20.1. The van der Waals surface area contributed by atoms with Crippen LogP contribution in [0.1, 0.15) is 32.0 Å². The Hall–Kier alpha value is -2.18. The molecule has 2 aromatic rings. The maximum Gasteiger partial charge on any atom is 0.241 e. The van der Waals surface area contributed by atoms with Gasteiger partial charge in [-0.05, 0) is 26.2 Å². The van der Waals surface area contributed by atoms with Gasteiger partial charge in [-0.25, -0.2) is 4.98 Å². The highest BCUT2D eigenvalue weighted by Crippen LogP contribution is 2.18. The molecule has 0 radical (unpaired) electrons. The summed E-state index contributed by atoms with van der Waals surface area (Å²) in [5.74, 6) is 2.89. The zero-order chi connectivity index (χ0) is 14.7. The van der Waals surface area contributed by atoms with E-state index in [-0.39, 0.29) is 0 Å². The molecular weight excluding hydrogens is 266 g/mol. The summed E-state index contributed by atoms with van der Waals surface area (Å²) in [6, 6.07) is 0. The van der Waals surface area contributed by atoms with Crippen LogP contribution in [0.3, 0.4) is 0 Å². The Bertz CT molecular complexity index is 601. The number of nitrogens with one attached hydrogen (secondary N) is 1. The highest BCUT2D eigenvalue weighted by atomic mass is 15.3. The lowest BCUT2D eigenvalue weighted by Crippen LogP contribution is -2.23. The second-order valence-electron chi connectivity index (χ2n) is 5.22. The predicted octanol–water partition coefficient (Wildman–Crippen LogP) is 1.79. The monoisotopic (exact) mass is 287 g/mol. The van der Waals surface area contributed by atoms with E-state index < -0.39 is 0 Å². The van der Waals surface area contributed by atoms with Gasteiger partial charge in [-0.1, -0.05) is 6.92 Å². The van der Waals surface area contributed by atoms with E-state index in [2.05, 4.69) is 37.1 Å². The zero-order valence-electron chi connectivity index (χ0n) is 12.6. The summed E-state index contributed by atoms with van der Waals surface area (Å²) in [6.45, 7) is 6.94. The number of hydrogen-bond acceptors (Lipinski definition) is 6. The SMILES string of the molecule is CCCNc1nc(N2CCCC2)nc(-n2ccnc2C)n1. The molecule has 0 atom stereocenters. The zero-order valence-corrected chi connectivity index (χ0v) is 12.6. The number of hydrogen-bond donors (Lipinski definition) is 1. The molecule has 1 aliphatic heterocycles. The number of rotatable bonds is 5. The Labute approximate surface area is 124 Å². The van der Waals surface area contributed by atoms with Crippen LogP contribution in [0.2, 0.25) is 0 Å². The van der Waals surface area contributed by atoms with Crippen LogP contribution in [0.25, 0.3) is 5.95 Å². The predicted molar refractivity (Wildman–Crippen MR) is 81.9 cm³/mol. The third-order valence-corrected chi connectivity index (χ3v) is 3.58. The van der Waals surface area contributed by atoms with Crippen LogP contribution in [0.5, 0.6) is 0 Å². The van der Waals surface area contributed by atoms with Crippen LogP contribution in [0, 0.1) is 6.92 Å². The summed E-state index contributed by atoms with van der Waals surface area (Å²) in [5, 5.41) is 3.26. The average molecular weight is 287 g/mol. The normalized spacial score (nSPS) is 14.7. The summed E-state index contributed by atoms with van der Waals surface area (Å²) in [7, 11) is 0. The molecule has 1 fully saturated rings. The standard InChI is InChI=1S/C14H21N7/c1-3-6-16-12-17-13(20-8-4-5-9-20)19-14(18-12)21-10-7-15-11(21)2/h7,10H,3-6,8-9H2,1-2H3,(H,16,17,18,19). The van der Waals surface area contributed by atoms with E-state index in [0.29, 0.717) is 11.9 Å². The lowest BCUT2D eigenvalue weighted by Gasteiger charge is -2.17. The Morgan fingerprint density at radius 3 is 2.57 bits per heavy atom. The second kappa shape index (κ2) is 6.07. The van der Waals surface area contributed by atoms with Crippen LogP contribution >= 0.6 is 0 Å². The molecule has 7 heteroatoms. The fraction of sp³-hybridized carbons (Fsp3) is 0.571. The van der Waals surface area contributed by atoms with E-state index in [0.717, 1.165) is 37.8 Å². The van der Waals surface area contributed by atoms with Crippen molar-refractivity contribution in [3.8, 4) is 5.95 Å². The topological polar surface area (TPSA) is 71.8 Å². The lowest BCUT2D eigenvalue weighted by molar-refractivity contribution is 0.818. The van der Waals surface area contributed by atoms with Gasteiger partial charge in [0.2, 0.25) is 17.8 Å². The van der Waals surface area contributed by atoms with E-state index >= 15 is 0 Å². The van der Waals surface area contributed by atoms with Crippen molar-refractivity contribution in [3.63, 3.8) is 0 Å². The number of aromatic nitrogens is 5. The molecule has 0 amide bonds. The molecule has 21 heavy (non-hydrogen) atoms. The summed E-state index contributed by atoms with van der Waals surface area (Å²) in [6.07, 6.45) is 7.06. The van der Waals surface area contributed by atoms with Crippen LogP contribution < -0.4 is 10.2 Å². The fourth-order valence-corrected chi connectivity index (χ4v) is 2.43. The van der Waals surface area contributed by atoms with Crippen LogP contribution in [-0.2, 0) is 0 Å². The van der Waals surface area contributed by atoms with Crippen molar-refractivity contribution in [3.05, 3.63) is 18.2 Å². The molecule has 7 nitrogen and oxygen atoms in total. The Morgan fingerprint density at radius 1 is 1.14 bits per heavy atom.